The highest BCUT2D eigenvalue weighted by molar-refractivity contribution is 5.66. The minimum atomic E-state index is -0.164. The quantitative estimate of drug-likeness (QED) is 0.863. The Morgan fingerprint density at radius 2 is 2.18 bits per heavy atom. The summed E-state index contributed by atoms with van der Waals surface area (Å²) in [6, 6.07) is 2.00. The summed E-state index contributed by atoms with van der Waals surface area (Å²) in [6.45, 7) is 3.93. The standard InChI is InChI=1S/C17H24N4O/c1-2-3-4-5-6-14-13-19-21-16(7-10-18-17(14)21)20-11-8-15(22)9-12-20/h5-7,10,13,15,22H,2-4,8-9,11-12H2,1H3/b6-5+. The van der Waals surface area contributed by atoms with Gasteiger partial charge in [0.2, 0.25) is 0 Å². The van der Waals surface area contributed by atoms with Crippen LogP contribution in [0.25, 0.3) is 11.7 Å². The Labute approximate surface area is 131 Å². The van der Waals surface area contributed by atoms with E-state index in [4.69, 9.17) is 0 Å². The maximum absolute atomic E-state index is 9.66. The monoisotopic (exact) mass is 300 g/mol. The van der Waals surface area contributed by atoms with E-state index in [2.05, 4.69) is 34.1 Å². The molecule has 0 spiro atoms. The van der Waals surface area contributed by atoms with Gasteiger partial charge in [0, 0.05) is 24.8 Å². The molecule has 3 rings (SSSR count). The van der Waals surface area contributed by atoms with Crippen LogP contribution in [0.2, 0.25) is 0 Å². The number of anilines is 1. The van der Waals surface area contributed by atoms with Crippen molar-refractivity contribution in [2.75, 3.05) is 18.0 Å². The van der Waals surface area contributed by atoms with Crippen LogP contribution in [0.3, 0.4) is 0 Å². The van der Waals surface area contributed by atoms with Crippen molar-refractivity contribution in [2.24, 2.45) is 0 Å². The molecule has 5 heteroatoms. The van der Waals surface area contributed by atoms with Gasteiger partial charge in [-0.05, 0) is 25.3 Å². The van der Waals surface area contributed by atoms with Crippen molar-refractivity contribution in [1.82, 2.24) is 14.6 Å². The number of unbranched alkanes of at least 4 members (excludes halogenated alkanes) is 2. The number of aliphatic hydroxyl groups excluding tert-OH is 1. The molecule has 3 heterocycles. The molecule has 2 aromatic rings. The predicted octanol–water partition coefficient (Wildman–Crippen LogP) is 2.89. The largest absolute Gasteiger partial charge is 0.393 e. The summed E-state index contributed by atoms with van der Waals surface area (Å²) in [6.07, 6.45) is 13.0. The van der Waals surface area contributed by atoms with Gasteiger partial charge in [-0.25, -0.2) is 4.98 Å². The number of rotatable bonds is 5. The number of fused-ring (bicyclic) bond motifs is 1. The lowest BCUT2D eigenvalue weighted by molar-refractivity contribution is 0.145. The molecule has 118 valence electrons. The normalized spacial score (nSPS) is 16.9. The Morgan fingerprint density at radius 3 is 2.95 bits per heavy atom. The van der Waals surface area contributed by atoms with Gasteiger partial charge < -0.3 is 10.0 Å². The van der Waals surface area contributed by atoms with Gasteiger partial charge in [-0.15, -0.1) is 0 Å². The van der Waals surface area contributed by atoms with Crippen molar-refractivity contribution in [1.29, 1.82) is 0 Å². The number of piperidine rings is 1. The SMILES string of the molecule is CCCC/C=C/c1cnn2c(N3CCC(O)CC3)ccnc12. The number of nitrogens with zero attached hydrogens (tertiary/aromatic N) is 4. The average Bonchev–Trinajstić information content (AvgIpc) is 2.96. The van der Waals surface area contributed by atoms with Crippen LogP contribution >= 0.6 is 0 Å². The molecule has 0 atom stereocenters. The fourth-order valence-corrected chi connectivity index (χ4v) is 2.88. The molecule has 0 aliphatic carbocycles. The number of hydrogen-bond donors (Lipinski definition) is 1. The van der Waals surface area contributed by atoms with E-state index in [9.17, 15) is 5.11 Å². The Morgan fingerprint density at radius 1 is 1.36 bits per heavy atom. The summed E-state index contributed by atoms with van der Waals surface area (Å²) < 4.78 is 1.91. The molecular weight excluding hydrogens is 276 g/mol. The molecule has 1 aliphatic heterocycles. The number of allylic oxidation sites excluding steroid dienone is 1. The average molecular weight is 300 g/mol. The number of aliphatic hydroxyl groups is 1. The van der Waals surface area contributed by atoms with Crippen LogP contribution < -0.4 is 4.90 Å². The predicted molar refractivity (Wildman–Crippen MR) is 89.0 cm³/mol. The zero-order valence-electron chi connectivity index (χ0n) is 13.1. The van der Waals surface area contributed by atoms with Crippen LogP contribution in [-0.2, 0) is 0 Å². The Hall–Kier alpha value is -1.88. The van der Waals surface area contributed by atoms with Gasteiger partial charge in [-0.2, -0.15) is 9.61 Å². The van der Waals surface area contributed by atoms with Crippen molar-refractivity contribution >= 4 is 17.5 Å². The van der Waals surface area contributed by atoms with E-state index in [1.807, 2.05) is 23.0 Å². The first-order valence-corrected chi connectivity index (χ1v) is 8.22. The molecule has 2 aromatic heterocycles. The minimum absolute atomic E-state index is 0.164. The molecule has 0 amide bonds. The van der Waals surface area contributed by atoms with Crippen LogP contribution in [-0.4, -0.2) is 38.9 Å². The van der Waals surface area contributed by atoms with E-state index < -0.39 is 0 Å². The van der Waals surface area contributed by atoms with E-state index >= 15 is 0 Å². The molecule has 5 nitrogen and oxygen atoms in total. The van der Waals surface area contributed by atoms with Gasteiger partial charge in [0.1, 0.15) is 5.82 Å². The highest BCUT2D eigenvalue weighted by Crippen LogP contribution is 2.22. The van der Waals surface area contributed by atoms with Gasteiger partial charge in [0.15, 0.2) is 5.65 Å². The smallest absolute Gasteiger partial charge is 0.164 e. The second kappa shape index (κ2) is 6.92. The molecule has 1 aliphatic rings. The molecule has 0 aromatic carbocycles. The van der Waals surface area contributed by atoms with Gasteiger partial charge in [0.25, 0.3) is 0 Å². The van der Waals surface area contributed by atoms with Gasteiger partial charge >= 0.3 is 0 Å². The van der Waals surface area contributed by atoms with E-state index in [0.29, 0.717) is 0 Å². The fourth-order valence-electron chi connectivity index (χ4n) is 2.88. The third-order valence-electron chi connectivity index (χ3n) is 4.22. The van der Waals surface area contributed by atoms with E-state index in [1.165, 1.54) is 12.8 Å². The third kappa shape index (κ3) is 3.14. The van der Waals surface area contributed by atoms with E-state index in [-0.39, 0.29) is 6.10 Å². The van der Waals surface area contributed by atoms with E-state index in [0.717, 1.165) is 49.4 Å². The highest BCUT2D eigenvalue weighted by Gasteiger charge is 2.19. The van der Waals surface area contributed by atoms with Crippen LogP contribution in [0.5, 0.6) is 0 Å². The Bertz CT molecular complexity index is 641. The van der Waals surface area contributed by atoms with Crippen molar-refractivity contribution in [3.8, 4) is 0 Å². The molecular formula is C17H24N4O. The summed E-state index contributed by atoms with van der Waals surface area (Å²) in [5.74, 6) is 1.06. The summed E-state index contributed by atoms with van der Waals surface area (Å²) in [5.41, 5.74) is 1.96. The van der Waals surface area contributed by atoms with Gasteiger partial charge in [0.05, 0.1) is 12.3 Å². The summed E-state index contributed by atoms with van der Waals surface area (Å²) >= 11 is 0. The van der Waals surface area contributed by atoms with Crippen LogP contribution in [0.1, 0.15) is 44.6 Å². The molecule has 1 fully saturated rings. The Kier molecular flexibility index (Phi) is 4.73. The van der Waals surface area contributed by atoms with Crippen LogP contribution in [0, 0.1) is 0 Å². The molecule has 0 saturated carbocycles. The molecule has 0 radical (unpaired) electrons. The lowest BCUT2D eigenvalue weighted by Gasteiger charge is -2.31. The van der Waals surface area contributed by atoms with Crippen molar-refractivity contribution in [3.63, 3.8) is 0 Å². The summed E-state index contributed by atoms with van der Waals surface area (Å²) in [7, 11) is 0. The fraction of sp³-hybridized carbons (Fsp3) is 0.529. The van der Waals surface area contributed by atoms with Crippen molar-refractivity contribution in [3.05, 3.63) is 30.1 Å². The minimum Gasteiger partial charge on any atom is -0.393 e. The summed E-state index contributed by atoms with van der Waals surface area (Å²) in [5, 5.41) is 14.2. The van der Waals surface area contributed by atoms with Gasteiger partial charge in [-0.3, -0.25) is 0 Å². The molecule has 1 saturated heterocycles. The zero-order valence-corrected chi connectivity index (χ0v) is 13.1. The first kappa shape index (κ1) is 15.0. The third-order valence-corrected chi connectivity index (χ3v) is 4.22. The van der Waals surface area contributed by atoms with Crippen molar-refractivity contribution < 1.29 is 5.11 Å². The number of hydrogen-bond acceptors (Lipinski definition) is 4. The maximum atomic E-state index is 9.66. The molecule has 0 bridgehead atoms. The Balaban J connectivity index is 1.84. The van der Waals surface area contributed by atoms with E-state index in [1.54, 1.807) is 0 Å². The lowest BCUT2D eigenvalue weighted by Crippen LogP contribution is -2.36. The number of aromatic nitrogens is 3. The first-order chi connectivity index (χ1) is 10.8. The molecule has 0 unspecified atom stereocenters. The molecule has 1 N–H and O–H groups in total. The lowest BCUT2D eigenvalue weighted by atomic mass is 10.1. The second-order valence-corrected chi connectivity index (χ2v) is 5.90. The van der Waals surface area contributed by atoms with Crippen LogP contribution in [0.15, 0.2) is 24.5 Å². The maximum Gasteiger partial charge on any atom is 0.164 e. The topological polar surface area (TPSA) is 53.7 Å². The highest BCUT2D eigenvalue weighted by atomic mass is 16.3. The van der Waals surface area contributed by atoms with Crippen molar-refractivity contribution in [2.45, 2.75) is 45.1 Å². The zero-order chi connectivity index (χ0) is 15.4. The summed E-state index contributed by atoms with van der Waals surface area (Å²) in [4.78, 5) is 6.76. The van der Waals surface area contributed by atoms with Crippen LogP contribution in [0.4, 0.5) is 5.82 Å². The first-order valence-electron chi connectivity index (χ1n) is 8.22. The van der Waals surface area contributed by atoms with Gasteiger partial charge in [-0.1, -0.05) is 31.9 Å². The second-order valence-electron chi connectivity index (χ2n) is 5.90. The molecule has 22 heavy (non-hydrogen) atoms.